The number of aryl methyl sites for hydroxylation is 2. The summed E-state index contributed by atoms with van der Waals surface area (Å²) in [5, 5.41) is 7.98. The van der Waals surface area contributed by atoms with Crippen LogP contribution in [-0.2, 0) is 4.79 Å². The Hall–Kier alpha value is -5.44. The average molecular weight is 619 g/mol. The first-order valence-corrected chi connectivity index (χ1v) is 15.2. The monoisotopic (exact) mass is 618 g/mol. The molecule has 1 N–H and O–H groups in total. The molecule has 0 saturated carbocycles. The molecular formula is C37H38N4O5. The summed E-state index contributed by atoms with van der Waals surface area (Å²) in [6.45, 7) is 10.3. The van der Waals surface area contributed by atoms with E-state index in [0.717, 1.165) is 28.0 Å². The predicted molar refractivity (Wildman–Crippen MR) is 183 cm³/mol. The summed E-state index contributed by atoms with van der Waals surface area (Å²) in [4.78, 5) is 31.7. The van der Waals surface area contributed by atoms with Gasteiger partial charge in [-0.2, -0.15) is 9.78 Å². The topological polar surface area (TPSA) is 104 Å². The summed E-state index contributed by atoms with van der Waals surface area (Å²) in [6, 6.07) is 24.0. The van der Waals surface area contributed by atoms with Crippen LogP contribution in [0.4, 0.5) is 5.69 Å². The van der Waals surface area contributed by atoms with E-state index in [1.165, 1.54) is 18.0 Å². The molecule has 0 spiro atoms. The first-order valence-electron chi connectivity index (χ1n) is 15.2. The lowest BCUT2D eigenvalue weighted by Gasteiger charge is -2.18. The molecule has 4 aromatic carbocycles. The van der Waals surface area contributed by atoms with Crippen LogP contribution >= 0.6 is 0 Å². The maximum absolute atomic E-state index is 13.9. The number of rotatable bonds is 11. The highest BCUT2D eigenvalue weighted by atomic mass is 16.5. The Morgan fingerprint density at radius 1 is 0.957 bits per heavy atom. The van der Waals surface area contributed by atoms with Crippen LogP contribution in [0.1, 0.15) is 48.9 Å². The average Bonchev–Trinajstić information content (AvgIpc) is 3.04. The van der Waals surface area contributed by atoms with Crippen LogP contribution in [0.5, 0.6) is 17.2 Å². The number of nitrogens with zero attached hydrogens (tertiary/aromatic N) is 3. The maximum atomic E-state index is 13.9. The number of hydrogen-bond donors (Lipinski definition) is 1. The van der Waals surface area contributed by atoms with Crippen molar-refractivity contribution >= 4 is 28.7 Å². The minimum Gasteiger partial charge on any atom is -0.494 e. The molecule has 1 aromatic heterocycles. The molecule has 0 aliphatic heterocycles. The fourth-order valence-electron chi connectivity index (χ4n) is 5.18. The van der Waals surface area contributed by atoms with Gasteiger partial charge in [0.1, 0.15) is 5.75 Å². The Morgan fingerprint density at radius 3 is 2.46 bits per heavy atom. The fourth-order valence-corrected chi connectivity index (χ4v) is 5.18. The van der Waals surface area contributed by atoms with Gasteiger partial charge in [-0.05, 0) is 85.8 Å². The Bertz CT molecular complexity index is 1980. The third-order valence-electron chi connectivity index (χ3n) is 7.58. The summed E-state index contributed by atoms with van der Waals surface area (Å²) in [7, 11) is 1.52. The van der Waals surface area contributed by atoms with Gasteiger partial charge in [0, 0.05) is 16.8 Å². The van der Waals surface area contributed by atoms with Crippen molar-refractivity contribution in [2.75, 3.05) is 25.6 Å². The molecule has 0 radical (unpaired) electrons. The Labute approximate surface area is 268 Å². The third-order valence-corrected chi connectivity index (χ3v) is 7.58. The number of aromatic nitrogens is 2. The first kappa shape index (κ1) is 32.0. The van der Waals surface area contributed by atoms with Crippen molar-refractivity contribution in [3.63, 3.8) is 0 Å². The van der Waals surface area contributed by atoms with Crippen molar-refractivity contribution < 1.29 is 19.0 Å². The van der Waals surface area contributed by atoms with E-state index in [4.69, 9.17) is 19.2 Å². The first-order chi connectivity index (χ1) is 22.2. The van der Waals surface area contributed by atoms with E-state index in [9.17, 15) is 9.59 Å². The number of nitrogens with one attached hydrogen (secondary N) is 1. The summed E-state index contributed by atoms with van der Waals surface area (Å²) < 4.78 is 18.8. The van der Waals surface area contributed by atoms with Crippen molar-refractivity contribution in [1.29, 1.82) is 0 Å². The molecule has 46 heavy (non-hydrogen) atoms. The number of para-hydroxylation sites is 3. The van der Waals surface area contributed by atoms with Crippen LogP contribution in [-0.4, -0.2) is 42.1 Å². The van der Waals surface area contributed by atoms with Crippen molar-refractivity contribution in [3.8, 4) is 28.6 Å². The van der Waals surface area contributed by atoms with Crippen LogP contribution in [0.3, 0.4) is 0 Å². The van der Waals surface area contributed by atoms with E-state index in [0.29, 0.717) is 46.1 Å². The van der Waals surface area contributed by atoms with Crippen molar-refractivity contribution in [2.45, 2.75) is 40.5 Å². The van der Waals surface area contributed by atoms with Crippen LogP contribution in [0.15, 0.2) is 88.8 Å². The molecule has 9 nitrogen and oxygen atoms in total. The number of hydrogen-bond acceptors (Lipinski definition) is 7. The number of benzene rings is 4. The number of ether oxygens (including phenoxy) is 3. The predicted octanol–water partition coefficient (Wildman–Crippen LogP) is 7.11. The van der Waals surface area contributed by atoms with Gasteiger partial charge in [-0.15, -0.1) is 0 Å². The molecule has 236 valence electrons. The molecule has 0 saturated heterocycles. The van der Waals surface area contributed by atoms with Crippen LogP contribution in [0.25, 0.3) is 22.3 Å². The van der Waals surface area contributed by atoms with Gasteiger partial charge in [-0.3, -0.25) is 9.59 Å². The summed E-state index contributed by atoms with van der Waals surface area (Å²) in [5.41, 5.74) is 5.07. The number of anilines is 1. The van der Waals surface area contributed by atoms with Crippen molar-refractivity contribution in [2.24, 2.45) is 5.10 Å². The molecule has 0 aliphatic rings. The van der Waals surface area contributed by atoms with E-state index in [2.05, 4.69) is 24.3 Å². The van der Waals surface area contributed by atoms with E-state index in [1.54, 1.807) is 30.3 Å². The molecule has 1 heterocycles. The molecule has 0 aliphatic carbocycles. The molecule has 9 heteroatoms. The number of fused-ring (bicyclic) bond motifs is 1. The molecule has 1 amide bonds. The van der Waals surface area contributed by atoms with Crippen LogP contribution in [0.2, 0.25) is 0 Å². The highest BCUT2D eigenvalue weighted by Crippen LogP contribution is 2.35. The standard InChI is InChI=1S/C37H38N4O5/c1-7-45-33-19-25(5)29(20-28(33)23(2)3)36-40-31-17-11-9-15-27(31)37(43)41(36)38-21-26-14-12-18-32(44-6)35(26)46-22-34(42)39-30-16-10-8-13-24(30)4/h8-21,23H,7,22H2,1-6H3,(H,39,42). The lowest BCUT2D eigenvalue weighted by molar-refractivity contribution is -0.118. The Kier molecular flexibility index (Phi) is 9.81. The van der Waals surface area contributed by atoms with E-state index >= 15 is 0 Å². The minimum absolute atomic E-state index is 0.171. The van der Waals surface area contributed by atoms with Crippen LogP contribution < -0.4 is 25.1 Å². The zero-order chi connectivity index (χ0) is 32.8. The zero-order valence-corrected chi connectivity index (χ0v) is 27.0. The lowest BCUT2D eigenvalue weighted by Crippen LogP contribution is -2.22. The van der Waals surface area contributed by atoms with Gasteiger partial charge in [0.2, 0.25) is 0 Å². The van der Waals surface area contributed by atoms with E-state index in [-0.39, 0.29) is 24.0 Å². The van der Waals surface area contributed by atoms with E-state index < -0.39 is 0 Å². The fraction of sp³-hybridized carbons (Fsp3) is 0.243. The maximum Gasteiger partial charge on any atom is 0.282 e. The second-order valence-electron chi connectivity index (χ2n) is 11.1. The zero-order valence-electron chi connectivity index (χ0n) is 27.0. The van der Waals surface area contributed by atoms with Gasteiger partial charge in [0.25, 0.3) is 11.5 Å². The number of carbonyl (C=O) groups excluding carboxylic acids is 1. The third kappa shape index (κ3) is 6.78. The Morgan fingerprint density at radius 2 is 1.72 bits per heavy atom. The van der Waals surface area contributed by atoms with Crippen molar-refractivity contribution in [3.05, 3.63) is 111 Å². The highest BCUT2D eigenvalue weighted by Gasteiger charge is 2.19. The van der Waals surface area contributed by atoms with Gasteiger partial charge in [0.05, 0.1) is 30.8 Å². The molecule has 0 bridgehead atoms. The molecular weight excluding hydrogens is 580 g/mol. The number of methoxy groups -OCH3 is 1. The highest BCUT2D eigenvalue weighted by molar-refractivity contribution is 5.93. The van der Waals surface area contributed by atoms with Gasteiger partial charge in [0.15, 0.2) is 23.9 Å². The smallest absolute Gasteiger partial charge is 0.282 e. The van der Waals surface area contributed by atoms with Gasteiger partial charge >= 0.3 is 0 Å². The van der Waals surface area contributed by atoms with Gasteiger partial charge < -0.3 is 19.5 Å². The largest absolute Gasteiger partial charge is 0.494 e. The summed E-state index contributed by atoms with van der Waals surface area (Å²) in [6.07, 6.45) is 1.52. The van der Waals surface area contributed by atoms with E-state index in [1.807, 2.05) is 69.3 Å². The second kappa shape index (κ2) is 14.1. The lowest BCUT2D eigenvalue weighted by atomic mass is 9.96. The summed E-state index contributed by atoms with van der Waals surface area (Å²) >= 11 is 0. The molecule has 5 aromatic rings. The summed E-state index contributed by atoms with van der Waals surface area (Å²) in [5.74, 6) is 1.78. The second-order valence-corrected chi connectivity index (χ2v) is 11.1. The Balaban J connectivity index is 1.57. The molecule has 5 rings (SSSR count). The molecule has 0 unspecified atom stereocenters. The minimum atomic E-state index is -0.327. The van der Waals surface area contributed by atoms with Gasteiger partial charge in [-0.1, -0.05) is 50.2 Å². The quantitative estimate of drug-likeness (QED) is 0.158. The number of carbonyl (C=O) groups is 1. The van der Waals surface area contributed by atoms with Gasteiger partial charge in [-0.25, -0.2) is 4.98 Å². The molecule has 0 atom stereocenters. The molecule has 0 fully saturated rings. The van der Waals surface area contributed by atoms with Crippen LogP contribution in [0, 0.1) is 13.8 Å². The normalized spacial score (nSPS) is 11.3. The van der Waals surface area contributed by atoms with Crippen molar-refractivity contribution in [1.82, 2.24) is 9.66 Å². The SMILES string of the molecule is CCOc1cc(C)c(-c2nc3ccccc3c(=O)n2N=Cc2cccc(OC)c2OCC(=O)Nc2ccccc2C)cc1C(C)C. The number of amides is 1.